The number of allylic oxidation sites excluding steroid dienone is 8. The molecule has 1 heterocycles. The van der Waals surface area contributed by atoms with E-state index in [2.05, 4.69) is 81.7 Å². The van der Waals surface area contributed by atoms with Crippen molar-refractivity contribution >= 4 is 5.57 Å². The van der Waals surface area contributed by atoms with Gasteiger partial charge >= 0.3 is 0 Å². The number of hydrogen-bond donors (Lipinski definition) is 0. The zero-order valence-corrected chi connectivity index (χ0v) is 13.5. The molecule has 3 heteroatoms. The first-order valence-electron chi connectivity index (χ1n) is 8.40. The highest BCUT2D eigenvalue weighted by atomic mass is 15.0. The number of aromatic nitrogens is 3. The molecule has 4 rings (SSSR count). The van der Waals surface area contributed by atoms with E-state index < -0.39 is 0 Å². The number of rotatable bonds is 3. The Labute approximate surface area is 142 Å². The summed E-state index contributed by atoms with van der Waals surface area (Å²) in [6.45, 7) is 0. The lowest BCUT2D eigenvalue weighted by molar-refractivity contribution is 0.761. The molecule has 0 spiro atoms. The van der Waals surface area contributed by atoms with E-state index in [1.54, 1.807) is 6.33 Å². The lowest BCUT2D eigenvalue weighted by Crippen LogP contribution is -2.05. The lowest BCUT2D eigenvalue weighted by Gasteiger charge is -2.12. The van der Waals surface area contributed by atoms with Gasteiger partial charge in [-0.15, -0.1) is 0 Å². The largest absolute Gasteiger partial charge is 0.221 e. The van der Waals surface area contributed by atoms with Crippen LogP contribution in [0.25, 0.3) is 17.0 Å². The van der Waals surface area contributed by atoms with Crippen LogP contribution in [-0.2, 0) is 0 Å². The zero-order chi connectivity index (χ0) is 16.2. The van der Waals surface area contributed by atoms with Crippen molar-refractivity contribution in [3.8, 4) is 11.4 Å². The van der Waals surface area contributed by atoms with Gasteiger partial charge in [-0.2, -0.15) is 0 Å². The van der Waals surface area contributed by atoms with Crippen molar-refractivity contribution < 1.29 is 0 Å². The Morgan fingerprint density at radius 2 is 1.75 bits per heavy atom. The monoisotopic (exact) mass is 313 g/mol. The second-order valence-electron chi connectivity index (χ2n) is 6.04. The molecule has 118 valence electrons. The molecule has 0 bridgehead atoms. The molecule has 24 heavy (non-hydrogen) atoms. The van der Waals surface area contributed by atoms with Gasteiger partial charge in [0.2, 0.25) is 0 Å². The summed E-state index contributed by atoms with van der Waals surface area (Å²) in [5.74, 6) is 1.82. The minimum atomic E-state index is 0.244. The Balaban J connectivity index is 1.59. The van der Waals surface area contributed by atoms with Crippen molar-refractivity contribution in [3.05, 3.63) is 84.5 Å². The van der Waals surface area contributed by atoms with Gasteiger partial charge in [0.05, 0.1) is 0 Å². The molecular formula is C21H19N3. The number of hydrogen-bond acceptors (Lipinski definition) is 3. The summed E-state index contributed by atoms with van der Waals surface area (Å²) in [5.41, 5.74) is 3.56. The Kier molecular flexibility index (Phi) is 4.15. The van der Waals surface area contributed by atoms with E-state index in [9.17, 15) is 0 Å². The third-order valence-corrected chi connectivity index (χ3v) is 4.37. The lowest BCUT2D eigenvalue weighted by atomic mass is 9.98. The highest BCUT2D eigenvalue weighted by Crippen LogP contribution is 2.25. The van der Waals surface area contributed by atoms with Crippen LogP contribution in [0.2, 0.25) is 0 Å². The van der Waals surface area contributed by atoms with Crippen LogP contribution in [0.1, 0.15) is 36.6 Å². The minimum absolute atomic E-state index is 0.244. The summed E-state index contributed by atoms with van der Waals surface area (Å²) in [4.78, 5) is 13.4. The fraction of sp³-hybridized carbons (Fsp3) is 0.190. The standard InChI is InChI=1S/C21H19N3/c1-3-7-16(8-4-1)17-11-13-19(14-12-17)21-23-15-22-20(24-21)18-9-5-2-6-10-18/h2-3,5-9,11-15,18H,1,4,10H2. The molecule has 0 fully saturated rings. The highest BCUT2D eigenvalue weighted by molar-refractivity contribution is 5.76. The summed E-state index contributed by atoms with van der Waals surface area (Å²) in [5, 5.41) is 0. The SMILES string of the molecule is C1=CCC(c2ncnc(-c3ccc(C4=CCCC=C4)cc3)n2)C=C1. The predicted octanol–water partition coefficient (Wildman–Crippen LogP) is 4.87. The average molecular weight is 313 g/mol. The maximum absolute atomic E-state index is 4.67. The summed E-state index contributed by atoms with van der Waals surface area (Å²) in [7, 11) is 0. The number of benzene rings is 1. The van der Waals surface area contributed by atoms with E-state index in [-0.39, 0.29) is 5.92 Å². The van der Waals surface area contributed by atoms with Crippen LogP contribution in [0.5, 0.6) is 0 Å². The van der Waals surface area contributed by atoms with E-state index in [1.807, 2.05) is 0 Å². The van der Waals surface area contributed by atoms with Crippen LogP contribution in [-0.4, -0.2) is 15.0 Å². The molecule has 1 unspecified atom stereocenters. The first-order chi connectivity index (χ1) is 11.9. The third kappa shape index (κ3) is 3.11. The van der Waals surface area contributed by atoms with Crippen molar-refractivity contribution in [2.24, 2.45) is 0 Å². The first-order valence-corrected chi connectivity index (χ1v) is 8.40. The third-order valence-electron chi connectivity index (χ3n) is 4.37. The molecule has 2 aromatic rings. The minimum Gasteiger partial charge on any atom is -0.221 e. The van der Waals surface area contributed by atoms with E-state index in [0.717, 1.165) is 36.5 Å². The van der Waals surface area contributed by atoms with Crippen LogP contribution in [0.3, 0.4) is 0 Å². The average Bonchev–Trinajstić information content (AvgIpc) is 2.70. The second kappa shape index (κ2) is 6.75. The molecule has 0 aliphatic heterocycles. The summed E-state index contributed by atoms with van der Waals surface area (Å²) in [6, 6.07) is 8.47. The molecule has 0 saturated carbocycles. The molecule has 0 radical (unpaired) electrons. The van der Waals surface area contributed by atoms with Gasteiger partial charge < -0.3 is 0 Å². The van der Waals surface area contributed by atoms with Gasteiger partial charge in [-0.05, 0) is 30.4 Å². The maximum atomic E-state index is 4.67. The van der Waals surface area contributed by atoms with Crippen LogP contribution in [0, 0.1) is 0 Å². The van der Waals surface area contributed by atoms with Gasteiger partial charge in [-0.3, -0.25) is 0 Å². The van der Waals surface area contributed by atoms with Crippen LogP contribution < -0.4 is 0 Å². The van der Waals surface area contributed by atoms with E-state index in [4.69, 9.17) is 0 Å². The van der Waals surface area contributed by atoms with E-state index in [0.29, 0.717) is 0 Å². The predicted molar refractivity (Wildman–Crippen MR) is 97.3 cm³/mol. The summed E-state index contributed by atoms with van der Waals surface area (Å²) in [6.07, 6.45) is 19.9. The van der Waals surface area contributed by atoms with Crippen LogP contribution >= 0.6 is 0 Å². The van der Waals surface area contributed by atoms with Gasteiger partial charge in [-0.1, -0.05) is 66.8 Å². The number of nitrogens with zero attached hydrogens (tertiary/aromatic N) is 3. The maximum Gasteiger partial charge on any atom is 0.163 e. The Hall–Kier alpha value is -2.81. The van der Waals surface area contributed by atoms with E-state index in [1.165, 1.54) is 11.1 Å². The van der Waals surface area contributed by atoms with Gasteiger partial charge in [0.1, 0.15) is 12.2 Å². The molecular weight excluding hydrogens is 294 g/mol. The van der Waals surface area contributed by atoms with Crippen molar-refractivity contribution in [3.63, 3.8) is 0 Å². The molecule has 2 aliphatic carbocycles. The fourth-order valence-corrected chi connectivity index (χ4v) is 3.04. The molecule has 1 atom stereocenters. The van der Waals surface area contributed by atoms with Gasteiger partial charge in [0.15, 0.2) is 5.82 Å². The highest BCUT2D eigenvalue weighted by Gasteiger charge is 2.13. The normalized spacial score (nSPS) is 19.3. The van der Waals surface area contributed by atoms with Gasteiger partial charge in [0, 0.05) is 11.5 Å². The quantitative estimate of drug-likeness (QED) is 0.811. The van der Waals surface area contributed by atoms with Crippen molar-refractivity contribution in [1.29, 1.82) is 0 Å². The Bertz CT molecular complexity index is 842. The second-order valence-corrected chi connectivity index (χ2v) is 6.04. The summed E-state index contributed by atoms with van der Waals surface area (Å²) < 4.78 is 0. The molecule has 2 aliphatic rings. The molecule has 0 saturated heterocycles. The smallest absolute Gasteiger partial charge is 0.163 e. The Morgan fingerprint density at radius 3 is 2.50 bits per heavy atom. The fourth-order valence-electron chi connectivity index (χ4n) is 3.04. The van der Waals surface area contributed by atoms with Crippen LogP contribution in [0.4, 0.5) is 0 Å². The molecule has 1 aromatic carbocycles. The molecule has 0 N–H and O–H groups in total. The van der Waals surface area contributed by atoms with Gasteiger partial charge in [-0.25, -0.2) is 15.0 Å². The van der Waals surface area contributed by atoms with Crippen molar-refractivity contribution in [2.45, 2.75) is 25.2 Å². The first kappa shape index (κ1) is 14.8. The van der Waals surface area contributed by atoms with Crippen molar-refractivity contribution in [2.75, 3.05) is 0 Å². The molecule has 0 amide bonds. The molecule has 1 aromatic heterocycles. The topological polar surface area (TPSA) is 38.7 Å². The summed E-state index contributed by atoms with van der Waals surface area (Å²) >= 11 is 0. The van der Waals surface area contributed by atoms with E-state index >= 15 is 0 Å². The van der Waals surface area contributed by atoms with Crippen molar-refractivity contribution in [1.82, 2.24) is 15.0 Å². The molecule has 3 nitrogen and oxygen atoms in total. The van der Waals surface area contributed by atoms with Crippen LogP contribution in [0.15, 0.2) is 73.1 Å². The zero-order valence-electron chi connectivity index (χ0n) is 13.5. The Morgan fingerprint density at radius 1 is 0.875 bits per heavy atom. The van der Waals surface area contributed by atoms with Gasteiger partial charge in [0.25, 0.3) is 0 Å².